The maximum atomic E-state index is 13.3. The molecule has 3 N–H and O–H groups in total. The Bertz CT molecular complexity index is 1080. The molecule has 1 aliphatic rings. The molecule has 11 heteroatoms. The first kappa shape index (κ1) is 23.7. The minimum Gasteiger partial charge on any atom is -0.492 e. The molecule has 2 aromatic rings. The standard InChI is InChI=1S/C22H22F3N5O3/c1-2-33-19-6-4-3-5-17(19)28-21(32)30-10-9-29(13-18(30)20(27)31)15-8-7-14(12-26)16(11-15)22(23,24)25/h3-8,11,18H,2,9-10,13H2,1H3,(H2,27,31)(H,28,32). The Balaban J connectivity index is 1.81. The van der Waals surface area contributed by atoms with Crippen molar-refractivity contribution in [3.05, 3.63) is 53.6 Å². The van der Waals surface area contributed by atoms with E-state index in [9.17, 15) is 22.8 Å². The molecule has 0 radical (unpaired) electrons. The minimum atomic E-state index is -4.71. The molecule has 0 aliphatic carbocycles. The van der Waals surface area contributed by atoms with Gasteiger partial charge in [0.15, 0.2) is 0 Å². The van der Waals surface area contributed by atoms with Crippen molar-refractivity contribution in [2.75, 3.05) is 36.5 Å². The van der Waals surface area contributed by atoms with Crippen molar-refractivity contribution in [3.8, 4) is 11.8 Å². The number of hydrogen-bond donors (Lipinski definition) is 2. The SMILES string of the molecule is CCOc1ccccc1NC(=O)N1CCN(c2ccc(C#N)c(C(F)(F)F)c2)CC1C(N)=O. The van der Waals surface area contributed by atoms with Gasteiger partial charge in [0.05, 0.1) is 29.5 Å². The highest BCUT2D eigenvalue weighted by Gasteiger charge is 2.37. The lowest BCUT2D eigenvalue weighted by molar-refractivity contribution is -0.137. The first-order valence-corrected chi connectivity index (χ1v) is 10.1. The molecule has 174 valence electrons. The highest BCUT2D eigenvalue weighted by atomic mass is 19.4. The number of primary amides is 1. The number of benzene rings is 2. The average molecular weight is 461 g/mol. The second-order valence-electron chi connectivity index (χ2n) is 7.26. The number of halogens is 3. The van der Waals surface area contributed by atoms with Crippen molar-refractivity contribution in [1.82, 2.24) is 4.90 Å². The van der Waals surface area contributed by atoms with E-state index in [4.69, 9.17) is 15.7 Å². The number of anilines is 2. The number of alkyl halides is 3. The van der Waals surface area contributed by atoms with Crippen LogP contribution in [-0.2, 0) is 11.0 Å². The number of nitrogens with two attached hydrogens (primary N) is 1. The largest absolute Gasteiger partial charge is 0.492 e. The third-order valence-corrected chi connectivity index (χ3v) is 5.19. The van der Waals surface area contributed by atoms with Crippen LogP contribution < -0.4 is 20.7 Å². The summed E-state index contributed by atoms with van der Waals surface area (Å²) in [5.74, 6) is -0.336. The molecule has 3 rings (SSSR count). The third-order valence-electron chi connectivity index (χ3n) is 5.19. The number of ether oxygens (including phenoxy) is 1. The Labute approximate surface area is 188 Å². The van der Waals surface area contributed by atoms with Crippen LogP contribution in [0.5, 0.6) is 5.75 Å². The van der Waals surface area contributed by atoms with E-state index in [-0.39, 0.29) is 25.3 Å². The summed E-state index contributed by atoms with van der Waals surface area (Å²) in [7, 11) is 0. The molecule has 0 aromatic heterocycles. The van der Waals surface area contributed by atoms with E-state index < -0.39 is 35.3 Å². The van der Waals surface area contributed by atoms with Gasteiger partial charge >= 0.3 is 12.2 Å². The van der Waals surface area contributed by atoms with Crippen LogP contribution in [0.3, 0.4) is 0 Å². The number of piperazine rings is 1. The van der Waals surface area contributed by atoms with Crippen molar-refractivity contribution in [1.29, 1.82) is 5.26 Å². The van der Waals surface area contributed by atoms with Gasteiger partial charge < -0.3 is 25.6 Å². The third kappa shape index (κ3) is 5.28. The fourth-order valence-corrected chi connectivity index (χ4v) is 3.60. The summed E-state index contributed by atoms with van der Waals surface area (Å²) in [6.45, 7) is 2.29. The van der Waals surface area contributed by atoms with Crippen LogP contribution in [0.2, 0.25) is 0 Å². The predicted octanol–water partition coefficient (Wildman–Crippen LogP) is 3.18. The molecule has 1 heterocycles. The molecule has 1 atom stereocenters. The number of hydrogen-bond acceptors (Lipinski definition) is 5. The summed E-state index contributed by atoms with van der Waals surface area (Å²) in [5.41, 5.74) is 4.54. The van der Waals surface area contributed by atoms with Gasteiger partial charge in [-0.3, -0.25) is 4.79 Å². The first-order valence-electron chi connectivity index (χ1n) is 10.1. The molecule has 2 aromatic carbocycles. The number of nitrogens with zero attached hydrogens (tertiary/aromatic N) is 3. The van der Waals surface area contributed by atoms with Crippen LogP contribution >= 0.6 is 0 Å². The lowest BCUT2D eigenvalue weighted by Crippen LogP contribution is -2.60. The number of urea groups is 1. The van der Waals surface area contributed by atoms with Crippen molar-refractivity contribution >= 4 is 23.3 Å². The quantitative estimate of drug-likeness (QED) is 0.710. The van der Waals surface area contributed by atoms with Gasteiger partial charge in [-0.15, -0.1) is 0 Å². The van der Waals surface area contributed by atoms with E-state index >= 15 is 0 Å². The van der Waals surface area contributed by atoms with Crippen LogP contribution in [0.15, 0.2) is 42.5 Å². The van der Waals surface area contributed by atoms with Crippen LogP contribution in [-0.4, -0.2) is 49.1 Å². The van der Waals surface area contributed by atoms with Crippen molar-refractivity contribution in [3.63, 3.8) is 0 Å². The Morgan fingerprint density at radius 2 is 1.97 bits per heavy atom. The molecule has 1 saturated heterocycles. The molecule has 1 unspecified atom stereocenters. The fourth-order valence-electron chi connectivity index (χ4n) is 3.60. The monoisotopic (exact) mass is 461 g/mol. The van der Waals surface area contributed by atoms with Crippen molar-refractivity contribution < 1.29 is 27.5 Å². The zero-order chi connectivity index (χ0) is 24.2. The lowest BCUT2D eigenvalue weighted by Gasteiger charge is -2.41. The molecule has 1 fully saturated rings. The Kier molecular flexibility index (Phi) is 6.96. The van der Waals surface area contributed by atoms with Gasteiger partial charge in [0.25, 0.3) is 0 Å². The Morgan fingerprint density at radius 3 is 2.61 bits per heavy atom. The number of para-hydroxylation sites is 2. The second kappa shape index (κ2) is 9.68. The van der Waals surface area contributed by atoms with Gasteiger partial charge in [-0.1, -0.05) is 12.1 Å². The topological polar surface area (TPSA) is 112 Å². The smallest absolute Gasteiger partial charge is 0.417 e. The molecule has 3 amide bonds. The number of rotatable bonds is 5. The summed E-state index contributed by atoms with van der Waals surface area (Å²) in [6, 6.07) is 9.99. The summed E-state index contributed by atoms with van der Waals surface area (Å²) in [6.07, 6.45) is -4.71. The van der Waals surface area contributed by atoms with Crippen molar-refractivity contribution in [2.24, 2.45) is 5.73 Å². The summed E-state index contributed by atoms with van der Waals surface area (Å²) in [4.78, 5) is 27.8. The zero-order valence-corrected chi connectivity index (χ0v) is 17.7. The Hall–Kier alpha value is -3.94. The van der Waals surface area contributed by atoms with Crippen LogP contribution in [0.1, 0.15) is 18.1 Å². The van der Waals surface area contributed by atoms with E-state index in [1.165, 1.54) is 21.9 Å². The van der Waals surface area contributed by atoms with Crippen LogP contribution in [0.25, 0.3) is 0 Å². The first-order chi connectivity index (χ1) is 15.7. The van der Waals surface area contributed by atoms with Gasteiger partial charge in [0, 0.05) is 25.3 Å². The molecular formula is C22H22F3N5O3. The highest BCUT2D eigenvalue weighted by Crippen LogP contribution is 2.35. The number of amides is 3. The van der Waals surface area contributed by atoms with Gasteiger partial charge in [0.2, 0.25) is 5.91 Å². The molecule has 0 bridgehead atoms. The zero-order valence-electron chi connectivity index (χ0n) is 17.7. The maximum Gasteiger partial charge on any atom is 0.417 e. The van der Waals surface area contributed by atoms with Gasteiger partial charge in [0.1, 0.15) is 11.8 Å². The molecule has 8 nitrogen and oxygen atoms in total. The number of nitriles is 1. The van der Waals surface area contributed by atoms with Crippen LogP contribution in [0.4, 0.5) is 29.3 Å². The summed E-state index contributed by atoms with van der Waals surface area (Å²) >= 11 is 0. The van der Waals surface area contributed by atoms with Gasteiger partial charge in [-0.05, 0) is 37.3 Å². The van der Waals surface area contributed by atoms with E-state index in [0.717, 1.165) is 12.1 Å². The molecule has 0 saturated carbocycles. The number of nitrogens with one attached hydrogen (secondary N) is 1. The molecule has 1 aliphatic heterocycles. The highest BCUT2D eigenvalue weighted by molar-refractivity contribution is 5.95. The van der Waals surface area contributed by atoms with Crippen molar-refractivity contribution in [2.45, 2.75) is 19.1 Å². The Morgan fingerprint density at radius 1 is 1.24 bits per heavy atom. The lowest BCUT2D eigenvalue weighted by atomic mass is 10.0. The number of carbonyl (C=O) groups excluding carboxylic acids is 2. The molecule has 33 heavy (non-hydrogen) atoms. The molecular weight excluding hydrogens is 439 g/mol. The normalized spacial score (nSPS) is 16.2. The van der Waals surface area contributed by atoms with Gasteiger partial charge in [-0.2, -0.15) is 18.4 Å². The second-order valence-corrected chi connectivity index (χ2v) is 7.26. The van der Waals surface area contributed by atoms with Gasteiger partial charge in [-0.25, -0.2) is 4.79 Å². The fraction of sp³-hybridized carbons (Fsp3) is 0.318. The predicted molar refractivity (Wildman–Crippen MR) is 115 cm³/mol. The number of carbonyl (C=O) groups is 2. The summed E-state index contributed by atoms with van der Waals surface area (Å²) < 4.78 is 45.5. The van der Waals surface area contributed by atoms with E-state index in [1.807, 2.05) is 0 Å². The van der Waals surface area contributed by atoms with E-state index in [0.29, 0.717) is 18.0 Å². The van der Waals surface area contributed by atoms with E-state index in [1.54, 1.807) is 31.2 Å². The minimum absolute atomic E-state index is 0.0393. The maximum absolute atomic E-state index is 13.3. The van der Waals surface area contributed by atoms with E-state index in [2.05, 4.69) is 5.32 Å². The molecule has 0 spiro atoms. The summed E-state index contributed by atoms with van der Waals surface area (Å²) in [5, 5.41) is 11.7. The van der Waals surface area contributed by atoms with Crippen LogP contribution in [0, 0.1) is 11.3 Å². The average Bonchev–Trinajstić information content (AvgIpc) is 2.79.